The topological polar surface area (TPSA) is 111 Å². The third kappa shape index (κ3) is 4.67. The lowest BCUT2D eigenvalue weighted by Gasteiger charge is -2.15. The van der Waals surface area contributed by atoms with Crippen LogP contribution in [0.25, 0.3) is 0 Å². The molecule has 2 aromatic heterocycles. The van der Waals surface area contributed by atoms with Crippen LogP contribution in [0.1, 0.15) is 31.5 Å². The molecule has 0 aliphatic carbocycles. The van der Waals surface area contributed by atoms with Gasteiger partial charge in [0, 0.05) is 25.9 Å². The smallest absolute Gasteiger partial charge is 0.232 e. The first-order chi connectivity index (χ1) is 10.5. The average molecular weight is 342 g/mol. The minimum Gasteiger partial charge on any atom is -0.374 e. The van der Waals surface area contributed by atoms with Gasteiger partial charge in [0.2, 0.25) is 16.9 Å². The molecule has 0 aliphatic heterocycles. The standard InChI is InChI=1S/C12H18N6O2S2/c1-7(2)10-14-8(17-20-10)4-5-18(3)9(19)6-21-12-16-15-11(13)22-12/h7H,4-6H2,1-3H3,(H2,13,15). The molecule has 2 heterocycles. The van der Waals surface area contributed by atoms with Gasteiger partial charge in [0.15, 0.2) is 10.2 Å². The molecule has 0 unspecified atom stereocenters. The zero-order valence-corrected chi connectivity index (χ0v) is 14.3. The Labute approximate surface area is 136 Å². The largest absolute Gasteiger partial charge is 0.374 e. The van der Waals surface area contributed by atoms with E-state index in [9.17, 15) is 4.79 Å². The van der Waals surface area contributed by atoms with Crippen LogP contribution in [0.2, 0.25) is 0 Å². The molecule has 2 rings (SSSR count). The van der Waals surface area contributed by atoms with E-state index < -0.39 is 0 Å². The lowest BCUT2D eigenvalue weighted by Crippen LogP contribution is -2.30. The Morgan fingerprint density at radius 2 is 2.23 bits per heavy atom. The van der Waals surface area contributed by atoms with Crippen LogP contribution in [0, 0.1) is 0 Å². The van der Waals surface area contributed by atoms with Crippen molar-refractivity contribution < 1.29 is 9.32 Å². The number of carbonyl (C=O) groups excluding carboxylic acids is 1. The Kier molecular flexibility index (Phi) is 5.72. The van der Waals surface area contributed by atoms with Crippen LogP contribution in [0.5, 0.6) is 0 Å². The highest BCUT2D eigenvalue weighted by Gasteiger charge is 2.14. The second-order valence-electron chi connectivity index (χ2n) is 4.96. The van der Waals surface area contributed by atoms with Gasteiger partial charge in [-0.2, -0.15) is 4.98 Å². The lowest BCUT2D eigenvalue weighted by atomic mass is 10.2. The van der Waals surface area contributed by atoms with Crippen molar-refractivity contribution in [1.82, 2.24) is 25.2 Å². The highest BCUT2D eigenvalue weighted by atomic mass is 32.2. The molecule has 0 radical (unpaired) electrons. The van der Waals surface area contributed by atoms with Crippen molar-refractivity contribution in [3.05, 3.63) is 11.7 Å². The summed E-state index contributed by atoms with van der Waals surface area (Å²) < 4.78 is 5.83. The lowest BCUT2D eigenvalue weighted by molar-refractivity contribution is -0.127. The maximum Gasteiger partial charge on any atom is 0.232 e. The fraction of sp³-hybridized carbons (Fsp3) is 0.583. The van der Waals surface area contributed by atoms with Crippen LogP contribution < -0.4 is 5.73 Å². The maximum absolute atomic E-state index is 12.0. The number of carbonyl (C=O) groups is 1. The molecule has 2 aromatic rings. The van der Waals surface area contributed by atoms with E-state index in [4.69, 9.17) is 10.3 Å². The van der Waals surface area contributed by atoms with Crippen LogP contribution in [0.3, 0.4) is 0 Å². The molecule has 0 fully saturated rings. The average Bonchev–Trinajstić information content (AvgIpc) is 3.11. The van der Waals surface area contributed by atoms with Crippen LogP contribution >= 0.6 is 23.1 Å². The third-order valence-electron chi connectivity index (χ3n) is 2.82. The summed E-state index contributed by atoms with van der Waals surface area (Å²) in [6.45, 7) is 4.52. The van der Waals surface area contributed by atoms with Crippen LogP contribution in [-0.2, 0) is 11.2 Å². The first-order valence-corrected chi connectivity index (χ1v) is 8.54. The highest BCUT2D eigenvalue weighted by Crippen LogP contribution is 2.23. The Morgan fingerprint density at radius 3 is 2.82 bits per heavy atom. The summed E-state index contributed by atoms with van der Waals surface area (Å²) in [4.78, 5) is 18.0. The molecular weight excluding hydrogens is 324 g/mol. The van der Waals surface area contributed by atoms with Gasteiger partial charge in [0.1, 0.15) is 0 Å². The summed E-state index contributed by atoms with van der Waals surface area (Å²) in [6.07, 6.45) is 0.564. The summed E-state index contributed by atoms with van der Waals surface area (Å²) >= 11 is 2.60. The predicted octanol–water partition coefficient (Wildman–Crippen LogP) is 1.42. The number of nitrogen functional groups attached to an aromatic ring is 1. The minimum absolute atomic E-state index is 0.00588. The summed E-state index contributed by atoms with van der Waals surface area (Å²) in [6, 6.07) is 0. The molecule has 0 aliphatic rings. The van der Waals surface area contributed by atoms with Gasteiger partial charge in [0.25, 0.3) is 0 Å². The second kappa shape index (κ2) is 7.54. The summed E-state index contributed by atoms with van der Waals surface area (Å²) in [5, 5.41) is 11.9. The molecule has 2 N–H and O–H groups in total. The monoisotopic (exact) mass is 342 g/mol. The number of rotatable bonds is 7. The zero-order valence-electron chi connectivity index (χ0n) is 12.6. The number of nitrogens with zero attached hydrogens (tertiary/aromatic N) is 5. The number of amides is 1. The van der Waals surface area contributed by atoms with E-state index in [1.807, 2.05) is 13.8 Å². The molecule has 0 bridgehead atoms. The van der Waals surface area contributed by atoms with Crippen molar-refractivity contribution in [2.45, 2.75) is 30.5 Å². The van der Waals surface area contributed by atoms with Crippen LogP contribution in [0.15, 0.2) is 8.86 Å². The first kappa shape index (κ1) is 16.7. The van der Waals surface area contributed by atoms with Gasteiger partial charge in [-0.05, 0) is 0 Å². The van der Waals surface area contributed by atoms with Crippen molar-refractivity contribution >= 4 is 34.1 Å². The number of hydrogen-bond donors (Lipinski definition) is 1. The van der Waals surface area contributed by atoms with Crippen LogP contribution in [0.4, 0.5) is 5.13 Å². The van der Waals surface area contributed by atoms with Crippen molar-refractivity contribution in [2.24, 2.45) is 0 Å². The molecule has 0 saturated heterocycles. The molecule has 0 saturated carbocycles. The number of nitrogens with two attached hydrogens (primary N) is 1. The Hall–Kier alpha value is -1.68. The third-order valence-corrected chi connectivity index (χ3v) is 4.69. The van der Waals surface area contributed by atoms with Crippen molar-refractivity contribution in [2.75, 3.05) is 25.1 Å². The summed E-state index contributed by atoms with van der Waals surface area (Å²) in [5.74, 6) is 1.75. The molecular formula is C12H18N6O2S2. The molecule has 8 nitrogen and oxygen atoms in total. The molecule has 0 spiro atoms. The molecule has 0 aromatic carbocycles. The molecule has 1 amide bonds. The van der Waals surface area contributed by atoms with Gasteiger partial charge in [-0.25, -0.2) is 0 Å². The first-order valence-electron chi connectivity index (χ1n) is 6.74. The molecule has 0 atom stereocenters. The maximum atomic E-state index is 12.0. The van der Waals surface area contributed by atoms with E-state index in [0.29, 0.717) is 39.9 Å². The van der Waals surface area contributed by atoms with Gasteiger partial charge >= 0.3 is 0 Å². The van der Waals surface area contributed by atoms with Gasteiger partial charge in [-0.3, -0.25) is 4.79 Å². The predicted molar refractivity (Wildman–Crippen MR) is 84.8 cm³/mol. The summed E-state index contributed by atoms with van der Waals surface area (Å²) in [5.41, 5.74) is 5.49. The number of aromatic nitrogens is 4. The van der Waals surface area contributed by atoms with E-state index in [-0.39, 0.29) is 11.8 Å². The van der Waals surface area contributed by atoms with E-state index in [1.165, 1.54) is 23.1 Å². The zero-order chi connectivity index (χ0) is 16.1. The van der Waals surface area contributed by atoms with E-state index in [2.05, 4.69) is 20.3 Å². The molecule has 120 valence electrons. The molecule has 22 heavy (non-hydrogen) atoms. The normalized spacial score (nSPS) is 11.1. The van der Waals surface area contributed by atoms with Gasteiger partial charge < -0.3 is 15.2 Å². The minimum atomic E-state index is 0.00588. The quantitative estimate of drug-likeness (QED) is 0.752. The van der Waals surface area contributed by atoms with E-state index >= 15 is 0 Å². The highest BCUT2D eigenvalue weighted by molar-refractivity contribution is 8.01. The number of thioether (sulfide) groups is 1. The van der Waals surface area contributed by atoms with Gasteiger partial charge in [0.05, 0.1) is 5.75 Å². The van der Waals surface area contributed by atoms with E-state index in [1.54, 1.807) is 11.9 Å². The fourth-order valence-electron chi connectivity index (χ4n) is 1.51. The number of likely N-dealkylation sites (N-methyl/N-ethyl adjacent to an activating group) is 1. The van der Waals surface area contributed by atoms with Crippen LogP contribution in [-0.4, -0.2) is 50.5 Å². The van der Waals surface area contributed by atoms with Gasteiger partial charge in [-0.1, -0.05) is 42.1 Å². The number of anilines is 1. The Balaban J connectivity index is 1.75. The SMILES string of the molecule is CC(C)c1nc(CCN(C)C(=O)CSc2nnc(N)s2)no1. The number of hydrogen-bond acceptors (Lipinski definition) is 9. The van der Waals surface area contributed by atoms with Gasteiger partial charge in [-0.15, -0.1) is 10.2 Å². The Morgan fingerprint density at radius 1 is 1.45 bits per heavy atom. The summed E-state index contributed by atoms with van der Waals surface area (Å²) in [7, 11) is 1.75. The molecule has 10 heteroatoms. The Bertz CT molecular complexity index is 627. The van der Waals surface area contributed by atoms with E-state index in [0.717, 1.165) is 0 Å². The van der Waals surface area contributed by atoms with Crippen molar-refractivity contribution in [3.63, 3.8) is 0 Å². The van der Waals surface area contributed by atoms with Crippen molar-refractivity contribution in [1.29, 1.82) is 0 Å². The van der Waals surface area contributed by atoms with Crippen molar-refractivity contribution in [3.8, 4) is 0 Å². The second-order valence-corrected chi connectivity index (χ2v) is 7.20. The fourth-order valence-corrected chi connectivity index (χ4v) is 3.09.